The van der Waals surface area contributed by atoms with Crippen molar-refractivity contribution in [3.8, 4) is 0 Å². The van der Waals surface area contributed by atoms with Crippen molar-refractivity contribution in [2.75, 3.05) is 65.7 Å². The van der Waals surface area contributed by atoms with Crippen molar-refractivity contribution in [2.24, 2.45) is 10.9 Å². The van der Waals surface area contributed by atoms with Crippen LogP contribution in [0.2, 0.25) is 0 Å². The summed E-state index contributed by atoms with van der Waals surface area (Å²) < 4.78 is 11.2. The van der Waals surface area contributed by atoms with Gasteiger partial charge in [-0.15, -0.1) is 0 Å². The lowest BCUT2D eigenvalue weighted by Gasteiger charge is -2.21. The van der Waals surface area contributed by atoms with E-state index in [0.29, 0.717) is 5.92 Å². The molecule has 0 aliphatic carbocycles. The first-order valence-electron chi connectivity index (χ1n) is 10.8. The number of hydrogen-bond acceptors (Lipinski definition) is 4. The highest BCUT2D eigenvalue weighted by molar-refractivity contribution is 5.79. The summed E-state index contributed by atoms with van der Waals surface area (Å²) in [7, 11) is 0. The Hall–Kier alpha value is -0.850. The zero-order chi connectivity index (χ0) is 18.3. The van der Waals surface area contributed by atoms with Crippen LogP contribution in [0.3, 0.4) is 0 Å². The monoisotopic (exact) mass is 368 g/mol. The van der Waals surface area contributed by atoms with Crippen LogP contribution in [-0.2, 0) is 9.47 Å². The van der Waals surface area contributed by atoms with Crippen molar-refractivity contribution >= 4 is 5.96 Å². The van der Waals surface area contributed by atoms with Gasteiger partial charge in [0.05, 0.1) is 0 Å². The molecule has 0 radical (unpaired) electrons. The molecule has 0 bridgehead atoms. The van der Waals surface area contributed by atoms with Gasteiger partial charge >= 0.3 is 0 Å². The quantitative estimate of drug-likeness (QED) is 0.314. The molecule has 2 heterocycles. The van der Waals surface area contributed by atoms with Crippen LogP contribution in [0.5, 0.6) is 0 Å². The average molecular weight is 369 g/mol. The van der Waals surface area contributed by atoms with E-state index in [9.17, 15) is 0 Å². The van der Waals surface area contributed by atoms with Crippen molar-refractivity contribution in [1.29, 1.82) is 0 Å². The lowest BCUT2D eigenvalue weighted by Crippen LogP contribution is -2.38. The molecule has 0 aromatic rings. The van der Waals surface area contributed by atoms with Crippen LogP contribution in [-0.4, -0.2) is 76.6 Å². The maximum atomic E-state index is 5.81. The van der Waals surface area contributed by atoms with E-state index < -0.39 is 0 Å². The third kappa shape index (κ3) is 9.74. The van der Waals surface area contributed by atoms with E-state index in [1.807, 2.05) is 0 Å². The van der Waals surface area contributed by atoms with Gasteiger partial charge in [-0.1, -0.05) is 0 Å². The standard InChI is InChI=1S/C20H40N4O2/c1-2-21-20(22-10-3-4-12-24-13-5-6-14-24)23-11-7-15-26-18-19-8-16-25-17-9-19/h19H,2-18H2,1H3,(H2,21,22,23). The zero-order valence-electron chi connectivity index (χ0n) is 16.8. The first kappa shape index (κ1) is 21.5. The van der Waals surface area contributed by atoms with Crippen molar-refractivity contribution in [3.05, 3.63) is 0 Å². The summed E-state index contributed by atoms with van der Waals surface area (Å²) in [6.45, 7) is 12.2. The van der Waals surface area contributed by atoms with Gasteiger partial charge in [-0.3, -0.25) is 4.99 Å². The second-order valence-electron chi connectivity index (χ2n) is 7.43. The van der Waals surface area contributed by atoms with Crippen molar-refractivity contribution < 1.29 is 9.47 Å². The number of nitrogens with zero attached hydrogens (tertiary/aromatic N) is 2. The number of unbranched alkanes of at least 4 members (excludes halogenated alkanes) is 1. The van der Waals surface area contributed by atoms with Gasteiger partial charge in [0.2, 0.25) is 0 Å². The normalized spacial score (nSPS) is 19.8. The van der Waals surface area contributed by atoms with E-state index in [-0.39, 0.29) is 0 Å². The average Bonchev–Trinajstić information content (AvgIpc) is 3.18. The van der Waals surface area contributed by atoms with Crippen LogP contribution in [0.15, 0.2) is 4.99 Å². The Bertz CT molecular complexity index is 367. The van der Waals surface area contributed by atoms with E-state index in [1.165, 1.54) is 45.3 Å². The summed E-state index contributed by atoms with van der Waals surface area (Å²) in [6, 6.07) is 0. The van der Waals surface area contributed by atoms with Crippen LogP contribution in [0.1, 0.15) is 51.9 Å². The van der Waals surface area contributed by atoms with Gasteiger partial charge in [0.15, 0.2) is 5.96 Å². The molecular formula is C20H40N4O2. The Labute approximate surface area is 160 Å². The van der Waals surface area contributed by atoms with E-state index >= 15 is 0 Å². The van der Waals surface area contributed by atoms with Crippen molar-refractivity contribution in [3.63, 3.8) is 0 Å². The van der Waals surface area contributed by atoms with Gasteiger partial charge in [-0.25, -0.2) is 0 Å². The molecule has 2 aliphatic rings. The van der Waals surface area contributed by atoms with Gasteiger partial charge in [-0.2, -0.15) is 0 Å². The van der Waals surface area contributed by atoms with Crippen LogP contribution in [0.25, 0.3) is 0 Å². The minimum atomic E-state index is 0.687. The molecule has 2 fully saturated rings. The Kier molecular flexibility index (Phi) is 11.7. The third-order valence-corrected chi connectivity index (χ3v) is 5.15. The first-order valence-corrected chi connectivity index (χ1v) is 10.8. The molecule has 0 unspecified atom stereocenters. The molecule has 2 saturated heterocycles. The predicted molar refractivity (Wildman–Crippen MR) is 108 cm³/mol. The highest BCUT2D eigenvalue weighted by Crippen LogP contribution is 2.14. The van der Waals surface area contributed by atoms with Gasteiger partial charge in [0.1, 0.15) is 0 Å². The fourth-order valence-corrected chi connectivity index (χ4v) is 3.54. The molecule has 6 nitrogen and oxygen atoms in total. The Morgan fingerprint density at radius 2 is 1.92 bits per heavy atom. The second kappa shape index (κ2) is 14.2. The lowest BCUT2D eigenvalue weighted by atomic mass is 10.0. The molecule has 0 saturated carbocycles. The number of ether oxygens (including phenoxy) is 2. The maximum absolute atomic E-state index is 5.81. The van der Waals surface area contributed by atoms with Crippen LogP contribution in [0, 0.1) is 5.92 Å². The molecule has 6 heteroatoms. The highest BCUT2D eigenvalue weighted by Gasteiger charge is 2.13. The molecule has 26 heavy (non-hydrogen) atoms. The summed E-state index contributed by atoms with van der Waals surface area (Å²) in [5.41, 5.74) is 0. The van der Waals surface area contributed by atoms with Gasteiger partial charge in [0, 0.05) is 46.1 Å². The third-order valence-electron chi connectivity index (χ3n) is 5.15. The number of hydrogen-bond donors (Lipinski definition) is 2. The number of rotatable bonds is 12. The number of likely N-dealkylation sites (tertiary alicyclic amines) is 1. The SMILES string of the molecule is CCNC(=NCCCOCC1CCOCC1)NCCCCN1CCCC1. The molecule has 152 valence electrons. The largest absolute Gasteiger partial charge is 0.381 e. The molecule has 0 atom stereocenters. The summed E-state index contributed by atoms with van der Waals surface area (Å²) in [5.74, 6) is 1.63. The fourth-order valence-electron chi connectivity index (χ4n) is 3.54. The summed E-state index contributed by atoms with van der Waals surface area (Å²) in [5, 5.41) is 6.79. The first-order chi connectivity index (χ1) is 12.9. The van der Waals surface area contributed by atoms with Crippen molar-refractivity contribution in [2.45, 2.75) is 51.9 Å². The Balaban J connectivity index is 1.46. The smallest absolute Gasteiger partial charge is 0.191 e. The minimum Gasteiger partial charge on any atom is -0.381 e. The molecule has 2 rings (SSSR count). The van der Waals surface area contributed by atoms with E-state index in [4.69, 9.17) is 9.47 Å². The molecule has 2 N–H and O–H groups in total. The number of guanidine groups is 1. The van der Waals surface area contributed by atoms with Crippen LogP contribution < -0.4 is 10.6 Å². The van der Waals surface area contributed by atoms with Gasteiger partial charge in [-0.05, 0) is 77.4 Å². The topological polar surface area (TPSA) is 58.1 Å². The number of nitrogens with one attached hydrogen (secondary N) is 2. The molecule has 0 amide bonds. The lowest BCUT2D eigenvalue weighted by molar-refractivity contribution is 0.0205. The van der Waals surface area contributed by atoms with Crippen LogP contribution in [0.4, 0.5) is 0 Å². The molecule has 2 aliphatic heterocycles. The Morgan fingerprint density at radius 3 is 2.69 bits per heavy atom. The molecule has 0 aromatic heterocycles. The minimum absolute atomic E-state index is 0.687. The summed E-state index contributed by atoms with van der Waals surface area (Å²) in [4.78, 5) is 7.24. The summed E-state index contributed by atoms with van der Waals surface area (Å²) >= 11 is 0. The van der Waals surface area contributed by atoms with E-state index in [1.54, 1.807) is 0 Å². The summed E-state index contributed by atoms with van der Waals surface area (Å²) in [6.07, 6.45) is 8.51. The maximum Gasteiger partial charge on any atom is 0.191 e. The molecule has 0 aromatic carbocycles. The highest BCUT2D eigenvalue weighted by atomic mass is 16.5. The molecular weight excluding hydrogens is 328 g/mol. The van der Waals surface area contributed by atoms with Gasteiger partial charge < -0.3 is 25.0 Å². The second-order valence-corrected chi connectivity index (χ2v) is 7.43. The molecule has 0 spiro atoms. The predicted octanol–water partition coefficient (Wildman–Crippen LogP) is 2.25. The fraction of sp³-hybridized carbons (Fsp3) is 0.950. The Morgan fingerprint density at radius 1 is 1.12 bits per heavy atom. The van der Waals surface area contributed by atoms with E-state index in [0.717, 1.165) is 71.3 Å². The van der Waals surface area contributed by atoms with E-state index in [2.05, 4.69) is 27.4 Å². The zero-order valence-corrected chi connectivity index (χ0v) is 16.8. The number of aliphatic imine (C=N–C) groups is 1. The van der Waals surface area contributed by atoms with Crippen molar-refractivity contribution in [1.82, 2.24) is 15.5 Å². The van der Waals surface area contributed by atoms with Gasteiger partial charge in [0.25, 0.3) is 0 Å². The van der Waals surface area contributed by atoms with Crippen LogP contribution >= 0.6 is 0 Å².